The summed E-state index contributed by atoms with van der Waals surface area (Å²) in [6, 6.07) is 12.5. The van der Waals surface area contributed by atoms with Gasteiger partial charge in [-0.1, -0.05) is 18.2 Å². The van der Waals surface area contributed by atoms with Crippen molar-refractivity contribution in [2.24, 2.45) is 5.10 Å². The number of carbonyl (C=O) groups excluding carboxylic acids is 1. The molecular formula is C14H10I2N2O2. The van der Waals surface area contributed by atoms with E-state index >= 15 is 0 Å². The molecule has 0 bridgehead atoms. The summed E-state index contributed by atoms with van der Waals surface area (Å²) in [4.78, 5) is 11.8. The lowest BCUT2D eigenvalue weighted by Gasteiger charge is -2.02. The minimum atomic E-state index is -0.259. The predicted octanol–water partition coefficient (Wildman–Crippen LogP) is 3.37. The van der Waals surface area contributed by atoms with E-state index in [0.717, 1.165) is 12.7 Å². The minimum absolute atomic E-state index is 0.259. The molecule has 0 saturated heterocycles. The molecule has 0 atom stereocenters. The van der Waals surface area contributed by atoms with Gasteiger partial charge in [0.15, 0.2) is 0 Å². The fourth-order valence-corrected chi connectivity index (χ4v) is 3.30. The highest BCUT2D eigenvalue weighted by Gasteiger charge is 2.05. The third kappa shape index (κ3) is 3.92. The molecule has 0 aliphatic carbocycles. The molecule has 0 aromatic heterocycles. The molecule has 102 valence electrons. The van der Waals surface area contributed by atoms with Crippen molar-refractivity contribution in [3.05, 3.63) is 60.7 Å². The van der Waals surface area contributed by atoms with Crippen LogP contribution in [0, 0.1) is 7.14 Å². The van der Waals surface area contributed by atoms with Gasteiger partial charge in [-0.25, -0.2) is 5.43 Å². The van der Waals surface area contributed by atoms with Gasteiger partial charge in [0.25, 0.3) is 5.91 Å². The Morgan fingerprint density at radius 1 is 1.15 bits per heavy atom. The van der Waals surface area contributed by atoms with Crippen LogP contribution in [-0.2, 0) is 0 Å². The Morgan fingerprint density at radius 2 is 1.75 bits per heavy atom. The largest absolute Gasteiger partial charge is 0.506 e. The number of amides is 1. The lowest BCUT2D eigenvalue weighted by molar-refractivity contribution is 0.0955. The van der Waals surface area contributed by atoms with Gasteiger partial charge in [0.2, 0.25) is 0 Å². The van der Waals surface area contributed by atoms with Gasteiger partial charge in [-0.05, 0) is 75.0 Å². The van der Waals surface area contributed by atoms with Gasteiger partial charge in [0.05, 0.1) is 13.4 Å². The van der Waals surface area contributed by atoms with Crippen molar-refractivity contribution < 1.29 is 9.90 Å². The van der Waals surface area contributed by atoms with E-state index < -0.39 is 0 Å². The average molecular weight is 492 g/mol. The summed E-state index contributed by atoms with van der Waals surface area (Å²) in [5, 5.41) is 13.6. The molecule has 2 aromatic rings. The zero-order valence-electron chi connectivity index (χ0n) is 10.2. The molecule has 2 aromatic carbocycles. The van der Waals surface area contributed by atoms with Crippen molar-refractivity contribution in [1.82, 2.24) is 5.43 Å². The first-order chi connectivity index (χ1) is 9.58. The molecule has 0 saturated carbocycles. The van der Waals surface area contributed by atoms with Crippen LogP contribution in [-0.4, -0.2) is 17.2 Å². The minimum Gasteiger partial charge on any atom is -0.506 e. The number of phenols is 1. The predicted molar refractivity (Wildman–Crippen MR) is 95.0 cm³/mol. The molecule has 0 spiro atoms. The Morgan fingerprint density at radius 3 is 2.35 bits per heavy atom. The number of hydrazone groups is 1. The van der Waals surface area contributed by atoms with Crippen LogP contribution in [0.25, 0.3) is 0 Å². The third-order valence-electron chi connectivity index (χ3n) is 2.45. The van der Waals surface area contributed by atoms with E-state index in [0.29, 0.717) is 5.56 Å². The first-order valence-electron chi connectivity index (χ1n) is 5.64. The Labute approximate surface area is 143 Å². The number of carbonyl (C=O) groups is 1. The maximum atomic E-state index is 11.8. The molecule has 2 rings (SSSR count). The molecule has 1 amide bonds. The summed E-state index contributed by atoms with van der Waals surface area (Å²) in [5.41, 5.74) is 3.83. The van der Waals surface area contributed by atoms with Gasteiger partial charge in [-0.3, -0.25) is 4.79 Å². The topological polar surface area (TPSA) is 61.7 Å². The van der Waals surface area contributed by atoms with Crippen molar-refractivity contribution in [1.29, 1.82) is 0 Å². The number of hydrogen-bond donors (Lipinski definition) is 2. The van der Waals surface area contributed by atoms with E-state index in [4.69, 9.17) is 0 Å². The molecule has 4 nitrogen and oxygen atoms in total. The highest BCUT2D eigenvalue weighted by atomic mass is 127. The first-order valence-corrected chi connectivity index (χ1v) is 7.80. The Hall–Kier alpha value is -1.16. The van der Waals surface area contributed by atoms with E-state index in [9.17, 15) is 9.90 Å². The molecule has 0 aliphatic heterocycles. The number of aromatic hydroxyl groups is 1. The molecule has 0 aliphatic rings. The van der Waals surface area contributed by atoms with E-state index in [1.807, 2.05) is 51.2 Å². The van der Waals surface area contributed by atoms with E-state index in [1.165, 1.54) is 0 Å². The van der Waals surface area contributed by atoms with Crippen LogP contribution in [0.15, 0.2) is 47.6 Å². The molecule has 0 heterocycles. The fourth-order valence-electron chi connectivity index (χ4n) is 1.48. The van der Waals surface area contributed by atoms with Crippen molar-refractivity contribution in [3.8, 4) is 5.75 Å². The molecule has 6 heteroatoms. The van der Waals surface area contributed by atoms with Crippen LogP contribution >= 0.6 is 45.2 Å². The van der Waals surface area contributed by atoms with E-state index in [-0.39, 0.29) is 11.7 Å². The third-order valence-corrected chi connectivity index (χ3v) is 4.10. The quantitative estimate of drug-likeness (QED) is 0.393. The second-order valence-electron chi connectivity index (χ2n) is 3.90. The highest BCUT2D eigenvalue weighted by molar-refractivity contribution is 14.1. The molecule has 20 heavy (non-hydrogen) atoms. The van der Waals surface area contributed by atoms with Crippen LogP contribution < -0.4 is 5.43 Å². The average Bonchev–Trinajstić information content (AvgIpc) is 2.45. The van der Waals surface area contributed by atoms with Gasteiger partial charge in [0, 0.05) is 5.56 Å². The fraction of sp³-hybridized carbons (Fsp3) is 0. The summed E-state index contributed by atoms with van der Waals surface area (Å²) >= 11 is 4.09. The standard InChI is InChI=1S/C14H10I2N2O2/c15-11-6-9(7-12(16)13(11)19)8-17-18-14(20)10-4-2-1-3-5-10/h1-8,19H,(H,18,20). The van der Waals surface area contributed by atoms with Crippen LogP contribution in [0.3, 0.4) is 0 Å². The van der Waals surface area contributed by atoms with Crippen molar-refractivity contribution in [3.63, 3.8) is 0 Å². The van der Waals surface area contributed by atoms with Crippen LogP contribution in [0.1, 0.15) is 15.9 Å². The van der Waals surface area contributed by atoms with Gasteiger partial charge >= 0.3 is 0 Å². The molecule has 0 unspecified atom stereocenters. The summed E-state index contributed by atoms with van der Waals surface area (Å²) in [7, 11) is 0. The lowest BCUT2D eigenvalue weighted by atomic mass is 10.2. The SMILES string of the molecule is O=C(NN=Cc1cc(I)c(O)c(I)c1)c1ccccc1. The molecule has 0 fully saturated rings. The lowest BCUT2D eigenvalue weighted by Crippen LogP contribution is -2.17. The van der Waals surface area contributed by atoms with Gasteiger partial charge in [0.1, 0.15) is 5.75 Å². The number of nitrogens with one attached hydrogen (secondary N) is 1. The smallest absolute Gasteiger partial charge is 0.271 e. The number of rotatable bonds is 3. The summed E-state index contributed by atoms with van der Waals surface area (Å²) in [6.45, 7) is 0. The zero-order chi connectivity index (χ0) is 14.5. The van der Waals surface area contributed by atoms with Crippen molar-refractivity contribution >= 4 is 57.3 Å². The summed E-state index contributed by atoms with van der Waals surface area (Å²) in [5.74, 6) is 0.00157. The Bertz CT molecular complexity index is 634. The maximum absolute atomic E-state index is 11.8. The summed E-state index contributed by atoms with van der Waals surface area (Å²) < 4.78 is 1.48. The normalized spacial score (nSPS) is 10.7. The van der Waals surface area contributed by atoms with Gasteiger partial charge < -0.3 is 5.11 Å². The molecule has 0 radical (unpaired) electrons. The molecule has 2 N–H and O–H groups in total. The number of hydrogen-bond acceptors (Lipinski definition) is 3. The van der Waals surface area contributed by atoms with Crippen LogP contribution in [0.4, 0.5) is 0 Å². The van der Waals surface area contributed by atoms with E-state index in [1.54, 1.807) is 42.6 Å². The van der Waals surface area contributed by atoms with Crippen LogP contribution in [0.2, 0.25) is 0 Å². The number of phenolic OH excluding ortho intramolecular Hbond substituents is 1. The van der Waals surface area contributed by atoms with Crippen LogP contribution in [0.5, 0.6) is 5.75 Å². The van der Waals surface area contributed by atoms with E-state index in [2.05, 4.69) is 10.5 Å². The van der Waals surface area contributed by atoms with Crippen molar-refractivity contribution in [2.75, 3.05) is 0 Å². The van der Waals surface area contributed by atoms with Gasteiger partial charge in [-0.15, -0.1) is 0 Å². The molecular weight excluding hydrogens is 482 g/mol. The highest BCUT2D eigenvalue weighted by Crippen LogP contribution is 2.26. The number of benzene rings is 2. The maximum Gasteiger partial charge on any atom is 0.271 e. The monoisotopic (exact) mass is 492 g/mol. The second kappa shape index (κ2) is 7.02. The number of nitrogens with zero attached hydrogens (tertiary/aromatic N) is 1. The summed E-state index contributed by atoms with van der Waals surface area (Å²) in [6.07, 6.45) is 1.55. The Kier molecular flexibility index (Phi) is 5.35. The second-order valence-corrected chi connectivity index (χ2v) is 6.22. The van der Waals surface area contributed by atoms with Crippen molar-refractivity contribution in [2.45, 2.75) is 0 Å². The Balaban J connectivity index is 2.06. The van der Waals surface area contributed by atoms with Gasteiger partial charge in [-0.2, -0.15) is 5.10 Å². The first kappa shape index (κ1) is 15.2. The number of halogens is 2. The zero-order valence-corrected chi connectivity index (χ0v) is 14.5.